The maximum Gasteiger partial charge on any atom is 0.480 e. The third-order valence-electron chi connectivity index (χ3n) is 2.32. The first-order valence-corrected chi connectivity index (χ1v) is 10.4. The largest absolute Gasteiger partial charge is 0.538 e. The highest BCUT2D eigenvalue weighted by atomic mass is 127. The maximum absolute atomic E-state index is 12.2. The predicted molar refractivity (Wildman–Crippen MR) is 103 cm³/mol. The Morgan fingerprint density at radius 2 is 1.87 bits per heavy atom. The summed E-state index contributed by atoms with van der Waals surface area (Å²) in [5.41, 5.74) is -5.20. The van der Waals surface area contributed by atoms with E-state index in [0.29, 0.717) is 3.57 Å². The van der Waals surface area contributed by atoms with Crippen molar-refractivity contribution in [2.45, 2.75) is 18.5 Å². The molecule has 130 valence electrons. The summed E-state index contributed by atoms with van der Waals surface area (Å²) < 4.78 is 67.9. The molecule has 0 saturated heterocycles. The van der Waals surface area contributed by atoms with Crippen LogP contribution in [0, 0.1) is 10.7 Å². The number of sulfonamides is 1. The first-order valence-electron chi connectivity index (χ1n) is 5.70. The summed E-state index contributed by atoms with van der Waals surface area (Å²) in [6.07, 6.45) is -1.12. The highest BCUT2D eigenvalue weighted by Gasteiger charge is 2.38. The second-order valence-electron chi connectivity index (χ2n) is 4.20. The molecule has 0 fully saturated rings. The van der Waals surface area contributed by atoms with Crippen molar-refractivity contribution in [3.63, 3.8) is 0 Å². The minimum atomic E-state index is -5.59. The van der Waals surface area contributed by atoms with Gasteiger partial charge in [-0.05, 0) is 86.8 Å². The number of esters is 1. The minimum Gasteiger partial charge on any atom is -0.538 e. The third kappa shape index (κ3) is 6.10. The first-order chi connectivity index (χ1) is 10.3. The van der Waals surface area contributed by atoms with Gasteiger partial charge in [0.15, 0.2) is 10.0 Å². The van der Waals surface area contributed by atoms with Crippen LogP contribution in [0.2, 0.25) is 0 Å². The number of hydrogen-bond donors (Lipinski definition) is 0. The zero-order valence-corrected chi connectivity index (χ0v) is 18.5. The summed E-state index contributed by atoms with van der Waals surface area (Å²) in [6.45, 7) is 0.463. The fraction of sp³-hybridized carbons (Fsp3) is 0.364. The van der Waals surface area contributed by atoms with Gasteiger partial charge >= 0.3 is 11.5 Å². The van der Waals surface area contributed by atoms with Gasteiger partial charge in [-0.25, -0.2) is 13.2 Å². The van der Waals surface area contributed by atoms with Crippen LogP contribution in [0.1, 0.15) is 17.3 Å². The molecule has 0 amide bonds. The zero-order chi connectivity index (χ0) is 18.0. The number of carbonyl (C=O) groups excluding carboxylic acids is 1. The van der Waals surface area contributed by atoms with Crippen molar-refractivity contribution >= 4 is 83.8 Å². The lowest BCUT2D eigenvalue weighted by Crippen LogP contribution is -2.26. The highest BCUT2D eigenvalue weighted by Crippen LogP contribution is 2.28. The summed E-state index contributed by atoms with van der Waals surface area (Å²) in [5, 5.41) is 0. The summed E-state index contributed by atoms with van der Waals surface area (Å²) in [5.74, 6) is -0.752. The van der Waals surface area contributed by atoms with Gasteiger partial charge in [0.05, 0.1) is 11.7 Å². The van der Waals surface area contributed by atoms with Gasteiger partial charge in [0.2, 0.25) is 0 Å². The monoisotopic (exact) mass is 688 g/mol. The number of halogens is 6. The number of ether oxygens (including phenoxy) is 1. The second kappa shape index (κ2) is 8.31. The molecule has 23 heavy (non-hydrogen) atoms. The number of rotatable bonds is 5. The Morgan fingerprint density at radius 1 is 1.30 bits per heavy atom. The van der Waals surface area contributed by atoms with Crippen molar-refractivity contribution in [1.29, 1.82) is 0 Å². The molecule has 0 aliphatic carbocycles. The van der Waals surface area contributed by atoms with E-state index in [2.05, 4.69) is 4.72 Å². The van der Waals surface area contributed by atoms with Crippen LogP contribution in [0.15, 0.2) is 12.1 Å². The molecule has 0 radical (unpaired) electrons. The Kier molecular flexibility index (Phi) is 7.81. The standard InChI is InChI=1S/C11H8F3I3NO4S/c1-5(4-18-23(20,21)11(12,13)14)22-10(19)7-2-6(15)3-8(16)9(7)17/h2-3,5H,4H2,1H3/q-1. The molecule has 5 nitrogen and oxygen atoms in total. The number of hydrogen-bond acceptors (Lipinski definition) is 4. The van der Waals surface area contributed by atoms with Gasteiger partial charge in [0.25, 0.3) is 0 Å². The SMILES string of the molecule is CC(C[N-]S(=O)(=O)C(F)(F)F)OC(=O)c1cc(I)cc(I)c1I. The number of alkyl halides is 3. The fourth-order valence-electron chi connectivity index (χ4n) is 1.26. The van der Waals surface area contributed by atoms with Gasteiger partial charge in [-0.3, -0.25) is 0 Å². The molecule has 1 aromatic carbocycles. The lowest BCUT2D eigenvalue weighted by molar-refractivity contribution is -0.0427. The van der Waals surface area contributed by atoms with E-state index >= 15 is 0 Å². The van der Waals surface area contributed by atoms with E-state index in [0.717, 1.165) is 7.14 Å². The average Bonchev–Trinajstić information content (AvgIpc) is 2.39. The van der Waals surface area contributed by atoms with Gasteiger partial charge in [-0.15, -0.1) is 6.54 Å². The van der Waals surface area contributed by atoms with Crippen molar-refractivity contribution in [1.82, 2.24) is 0 Å². The van der Waals surface area contributed by atoms with Crippen LogP contribution in [0.25, 0.3) is 4.72 Å². The number of carbonyl (C=O) groups is 1. The molecule has 0 spiro atoms. The molecule has 0 heterocycles. The summed E-state index contributed by atoms with van der Waals surface area (Å²) in [6, 6.07) is 3.41. The molecule has 0 aromatic heterocycles. The summed E-state index contributed by atoms with van der Waals surface area (Å²) in [4.78, 5) is 12.1. The van der Waals surface area contributed by atoms with E-state index in [-0.39, 0.29) is 5.56 Å². The first kappa shape index (κ1) is 21.6. The van der Waals surface area contributed by atoms with Crippen molar-refractivity contribution in [3.05, 3.63) is 33.1 Å². The molecule has 0 N–H and O–H groups in total. The molecule has 0 bridgehead atoms. The number of benzene rings is 1. The summed E-state index contributed by atoms with van der Waals surface area (Å²) >= 11 is 6.00. The number of nitrogens with zero attached hydrogens (tertiary/aromatic N) is 1. The van der Waals surface area contributed by atoms with E-state index in [1.807, 2.05) is 73.8 Å². The molecular formula is C11H8F3I3NO4S-. The van der Waals surface area contributed by atoms with E-state index in [9.17, 15) is 26.4 Å². The molecule has 0 saturated carbocycles. The topological polar surface area (TPSA) is 74.5 Å². The zero-order valence-electron chi connectivity index (χ0n) is 11.2. The molecular weight excluding hydrogens is 680 g/mol. The Morgan fingerprint density at radius 3 is 2.39 bits per heavy atom. The quantitative estimate of drug-likeness (QED) is 0.264. The lowest BCUT2D eigenvalue weighted by Gasteiger charge is -2.25. The molecule has 1 rings (SSSR count). The highest BCUT2D eigenvalue weighted by molar-refractivity contribution is 14.1. The third-order valence-corrected chi connectivity index (χ3v) is 7.06. The van der Waals surface area contributed by atoms with Crippen LogP contribution in [-0.2, 0) is 14.8 Å². The predicted octanol–water partition coefficient (Wildman–Crippen LogP) is 4.27. The lowest BCUT2D eigenvalue weighted by atomic mass is 10.2. The van der Waals surface area contributed by atoms with Gasteiger partial charge in [0, 0.05) is 10.7 Å². The fourth-order valence-corrected chi connectivity index (χ4v) is 4.19. The second-order valence-corrected chi connectivity index (χ2v) is 9.36. The Balaban J connectivity index is 2.76. The molecule has 1 atom stereocenters. The molecule has 0 aliphatic rings. The minimum absolute atomic E-state index is 0.257. The van der Waals surface area contributed by atoms with Crippen molar-refractivity contribution in [2.75, 3.05) is 6.54 Å². The maximum atomic E-state index is 12.2. The van der Waals surface area contributed by atoms with Crippen molar-refractivity contribution in [3.8, 4) is 0 Å². The normalized spacial score (nSPS) is 13.7. The van der Waals surface area contributed by atoms with Gasteiger partial charge < -0.3 is 9.46 Å². The molecule has 0 aliphatic heterocycles. The van der Waals surface area contributed by atoms with Gasteiger partial charge in [0.1, 0.15) is 0 Å². The van der Waals surface area contributed by atoms with Crippen LogP contribution < -0.4 is 0 Å². The van der Waals surface area contributed by atoms with Crippen molar-refractivity contribution in [2.24, 2.45) is 0 Å². The van der Waals surface area contributed by atoms with E-state index in [1.54, 1.807) is 6.07 Å². The Bertz CT molecular complexity index is 709. The summed E-state index contributed by atoms with van der Waals surface area (Å²) in [7, 11) is -5.59. The molecule has 1 aromatic rings. The average molecular weight is 688 g/mol. The van der Waals surface area contributed by atoms with Crippen LogP contribution in [0.5, 0.6) is 0 Å². The smallest absolute Gasteiger partial charge is 0.480 e. The van der Waals surface area contributed by atoms with Crippen LogP contribution in [0.4, 0.5) is 13.2 Å². The van der Waals surface area contributed by atoms with Gasteiger partial charge in [-0.1, -0.05) is 0 Å². The van der Waals surface area contributed by atoms with Gasteiger partial charge in [-0.2, -0.15) is 13.2 Å². The van der Waals surface area contributed by atoms with Crippen LogP contribution in [-0.4, -0.2) is 32.5 Å². The molecule has 1 unspecified atom stereocenters. The van der Waals surface area contributed by atoms with Crippen molar-refractivity contribution < 1.29 is 31.1 Å². The van der Waals surface area contributed by atoms with E-state index < -0.39 is 34.1 Å². The van der Waals surface area contributed by atoms with E-state index in [1.165, 1.54) is 6.92 Å². The Hall–Kier alpha value is 0.580. The Labute approximate surface area is 171 Å². The van der Waals surface area contributed by atoms with Crippen LogP contribution >= 0.6 is 67.8 Å². The molecule has 12 heteroatoms. The van der Waals surface area contributed by atoms with Crippen LogP contribution in [0.3, 0.4) is 0 Å². The van der Waals surface area contributed by atoms with E-state index in [4.69, 9.17) is 4.74 Å².